The molecule has 0 radical (unpaired) electrons. The quantitative estimate of drug-likeness (QED) is 0.660. The van der Waals surface area contributed by atoms with Crippen LogP contribution in [0.2, 0.25) is 0 Å². The molecule has 0 aliphatic heterocycles. The van der Waals surface area contributed by atoms with Gasteiger partial charge in [0.1, 0.15) is 4.90 Å². The summed E-state index contributed by atoms with van der Waals surface area (Å²) in [5.74, 6) is 0. The number of halogens is 2. The summed E-state index contributed by atoms with van der Waals surface area (Å²) in [6.07, 6.45) is -0.270. The second-order valence-electron chi connectivity index (χ2n) is 3.54. The third-order valence-corrected chi connectivity index (χ3v) is 3.49. The maximum absolute atomic E-state index is 11.9. The highest BCUT2D eigenvalue weighted by molar-refractivity contribution is 7.89. The molecule has 0 aliphatic rings. The van der Waals surface area contributed by atoms with Crippen molar-refractivity contribution in [2.24, 2.45) is 0 Å². The summed E-state index contributed by atoms with van der Waals surface area (Å²) in [5, 5.41) is 6.91. The van der Waals surface area contributed by atoms with Crippen LogP contribution in [-0.2, 0) is 16.6 Å². The summed E-state index contributed by atoms with van der Waals surface area (Å²) < 4.78 is 50.3. The molecule has 1 heterocycles. The first kappa shape index (κ1) is 15.0. The van der Waals surface area contributed by atoms with Crippen LogP contribution in [0.3, 0.4) is 0 Å². The molecular weight excluding hydrogens is 266 g/mol. The molecule has 0 spiro atoms. The molecule has 1 aromatic rings. The number of nitrogens with one attached hydrogen (secondary N) is 2. The van der Waals surface area contributed by atoms with Gasteiger partial charge in [-0.3, -0.25) is 4.68 Å². The van der Waals surface area contributed by atoms with Crippen molar-refractivity contribution in [3.8, 4) is 0 Å². The number of nitrogens with zero attached hydrogens (tertiary/aromatic N) is 2. The van der Waals surface area contributed by atoms with Crippen molar-refractivity contribution in [1.29, 1.82) is 0 Å². The molecule has 0 bridgehead atoms. The molecule has 0 atom stereocenters. The van der Waals surface area contributed by atoms with Gasteiger partial charge in [0.25, 0.3) is 6.43 Å². The van der Waals surface area contributed by atoms with E-state index in [1.165, 1.54) is 10.9 Å². The van der Waals surface area contributed by atoms with Crippen LogP contribution in [0.25, 0.3) is 0 Å². The molecule has 1 rings (SSSR count). The molecule has 0 aromatic carbocycles. The summed E-state index contributed by atoms with van der Waals surface area (Å²) in [4.78, 5) is -0.111. The van der Waals surface area contributed by atoms with Crippen molar-refractivity contribution in [1.82, 2.24) is 19.8 Å². The van der Waals surface area contributed by atoms with Crippen molar-refractivity contribution in [3.63, 3.8) is 0 Å². The number of aromatic nitrogens is 2. The zero-order chi connectivity index (χ0) is 13.6. The fourth-order valence-corrected chi connectivity index (χ4v) is 2.19. The molecule has 1 aromatic heterocycles. The van der Waals surface area contributed by atoms with Crippen LogP contribution in [0.4, 0.5) is 8.78 Å². The first-order chi connectivity index (χ1) is 8.45. The van der Waals surface area contributed by atoms with Crippen molar-refractivity contribution in [2.75, 3.05) is 19.6 Å². The third kappa shape index (κ3) is 4.67. The van der Waals surface area contributed by atoms with Gasteiger partial charge in [-0.2, -0.15) is 5.10 Å². The van der Waals surface area contributed by atoms with Gasteiger partial charge in [-0.05, 0) is 6.54 Å². The summed E-state index contributed by atoms with van der Waals surface area (Å²) in [5.41, 5.74) is 0. The van der Waals surface area contributed by atoms with Crippen LogP contribution in [0.15, 0.2) is 17.3 Å². The van der Waals surface area contributed by atoms with Gasteiger partial charge >= 0.3 is 0 Å². The predicted molar refractivity (Wildman–Crippen MR) is 62.0 cm³/mol. The van der Waals surface area contributed by atoms with E-state index in [1.54, 1.807) is 0 Å². The molecular formula is C9H16F2N4O2S. The Bertz CT molecular complexity index is 461. The molecule has 0 saturated carbocycles. The number of hydrogen-bond donors (Lipinski definition) is 2. The Morgan fingerprint density at radius 3 is 2.83 bits per heavy atom. The summed E-state index contributed by atoms with van der Waals surface area (Å²) in [7, 11) is -3.90. The lowest BCUT2D eigenvalue weighted by atomic mass is 10.6. The lowest BCUT2D eigenvalue weighted by Gasteiger charge is -2.03. The van der Waals surface area contributed by atoms with Crippen molar-refractivity contribution in [3.05, 3.63) is 12.4 Å². The van der Waals surface area contributed by atoms with E-state index in [9.17, 15) is 17.2 Å². The second kappa shape index (κ2) is 6.76. The van der Waals surface area contributed by atoms with Crippen molar-refractivity contribution in [2.45, 2.75) is 24.8 Å². The molecule has 0 fully saturated rings. The molecule has 0 unspecified atom stereocenters. The Hall–Kier alpha value is -1.06. The highest BCUT2D eigenvalue weighted by Crippen LogP contribution is 2.07. The fraction of sp³-hybridized carbons (Fsp3) is 0.667. The van der Waals surface area contributed by atoms with Gasteiger partial charge in [0.05, 0.1) is 19.3 Å². The van der Waals surface area contributed by atoms with E-state index in [0.717, 1.165) is 12.7 Å². The van der Waals surface area contributed by atoms with E-state index in [-0.39, 0.29) is 4.90 Å². The van der Waals surface area contributed by atoms with E-state index in [0.29, 0.717) is 13.1 Å². The Kier molecular flexibility index (Phi) is 5.63. The minimum absolute atomic E-state index is 0.111. The Balaban J connectivity index is 2.60. The number of rotatable bonds is 8. The Labute approximate surface area is 104 Å². The highest BCUT2D eigenvalue weighted by atomic mass is 32.2. The molecule has 6 nitrogen and oxygen atoms in total. The first-order valence-electron chi connectivity index (χ1n) is 5.46. The summed E-state index contributed by atoms with van der Waals surface area (Å²) >= 11 is 0. The van der Waals surface area contributed by atoms with Gasteiger partial charge in [-0.15, -0.1) is 0 Å². The molecule has 104 valence electrons. The Morgan fingerprint density at radius 2 is 2.22 bits per heavy atom. The molecule has 0 aliphatic carbocycles. The van der Waals surface area contributed by atoms with E-state index >= 15 is 0 Å². The number of hydrogen-bond acceptors (Lipinski definition) is 4. The maximum atomic E-state index is 11.9. The third-order valence-electron chi connectivity index (χ3n) is 2.12. The zero-order valence-electron chi connectivity index (χ0n) is 9.94. The number of sulfonamides is 1. The van der Waals surface area contributed by atoms with Crippen LogP contribution < -0.4 is 10.0 Å². The minimum Gasteiger partial charge on any atom is -0.315 e. The average molecular weight is 282 g/mol. The van der Waals surface area contributed by atoms with Crippen LogP contribution >= 0.6 is 0 Å². The zero-order valence-corrected chi connectivity index (χ0v) is 10.8. The van der Waals surface area contributed by atoms with E-state index in [1.807, 2.05) is 11.6 Å². The largest absolute Gasteiger partial charge is 0.315 e. The fourth-order valence-electron chi connectivity index (χ4n) is 1.23. The smallest absolute Gasteiger partial charge is 0.251 e. The second-order valence-corrected chi connectivity index (χ2v) is 5.30. The summed E-state index contributed by atoms with van der Waals surface area (Å²) in [6, 6.07) is 0. The van der Waals surface area contributed by atoms with Crippen molar-refractivity contribution >= 4 is 10.0 Å². The van der Waals surface area contributed by atoms with Crippen LogP contribution in [0.1, 0.15) is 6.92 Å². The number of likely N-dealkylation sites (N-methyl/N-ethyl adjacent to an activating group) is 1. The van der Waals surface area contributed by atoms with Crippen LogP contribution in [0.5, 0.6) is 0 Å². The van der Waals surface area contributed by atoms with Gasteiger partial charge in [-0.1, -0.05) is 6.92 Å². The molecule has 2 N–H and O–H groups in total. The molecule has 9 heteroatoms. The predicted octanol–water partition coefficient (Wildman–Crippen LogP) is 0.0360. The normalized spacial score (nSPS) is 12.2. The lowest BCUT2D eigenvalue weighted by Crippen LogP contribution is -2.28. The SMILES string of the molecule is CCNCCn1cc(S(=O)(=O)NCC(F)F)cn1. The van der Waals surface area contributed by atoms with Gasteiger partial charge in [0.15, 0.2) is 0 Å². The van der Waals surface area contributed by atoms with Crippen LogP contribution in [0, 0.1) is 0 Å². The van der Waals surface area contributed by atoms with Crippen LogP contribution in [-0.4, -0.2) is 44.3 Å². The Morgan fingerprint density at radius 1 is 1.50 bits per heavy atom. The highest BCUT2D eigenvalue weighted by Gasteiger charge is 2.18. The van der Waals surface area contributed by atoms with Gasteiger partial charge in [-0.25, -0.2) is 21.9 Å². The van der Waals surface area contributed by atoms with Gasteiger partial charge < -0.3 is 5.32 Å². The summed E-state index contributed by atoms with van der Waals surface area (Å²) in [6.45, 7) is 3.03. The van der Waals surface area contributed by atoms with E-state index in [4.69, 9.17) is 0 Å². The number of alkyl halides is 2. The van der Waals surface area contributed by atoms with E-state index < -0.39 is 23.0 Å². The lowest BCUT2D eigenvalue weighted by molar-refractivity contribution is 0.153. The molecule has 18 heavy (non-hydrogen) atoms. The average Bonchev–Trinajstić information content (AvgIpc) is 2.76. The molecule has 0 saturated heterocycles. The first-order valence-corrected chi connectivity index (χ1v) is 6.95. The monoisotopic (exact) mass is 282 g/mol. The van der Waals surface area contributed by atoms with Gasteiger partial charge in [0.2, 0.25) is 10.0 Å². The maximum Gasteiger partial charge on any atom is 0.251 e. The van der Waals surface area contributed by atoms with Gasteiger partial charge in [0, 0.05) is 12.7 Å². The van der Waals surface area contributed by atoms with Crippen molar-refractivity contribution < 1.29 is 17.2 Å². The molecule has 0 amide bonds. The standard InChI is InChI=1S/C9H16F2N4O2S/c1-2-12-3-4-15-7-8(5-13-15)18(16,17)14-6-9(10)11/h5,7,9,12,14H,2-4,6H2,1H3. The minimum atomic E-state index is -3.90. The topological polar surface area (TPSA) is 76.0 Å². The van der Waals surface area contributed by atoms with E-state index in [2.05, 4.69) is 10.4 Å².